The molecule has 0 saturated heterocycles. The lowest BCUT2D eigenvalue weighted by Crippen LogP contribution is -2.10. The van der Waals surface area contributed by atoms with E-state index in [0.29, 0.717) is 18.0 Å². The van der Waals surface area contributed by atoms with Crippen molar-refractivity contribution in [1.82, 2.24) is 29.4 Å². The van der Waals surface area contributed by atoms with E-state index in [4.69, 9.17) is 0 Å². The molecule has 3 heterocycles. The van der Waals surface area contributed by atoms with Gasteiger partial charge in [-0.25, -0.2) is 19.3 Å². The maximum Gasteiger partial charge on any atom is 0.348 e. The zero-order chi connectivity index (χ0) is 13.4. The quantitative estimate of drug-likeness (QED) is 0.694. The van der Waals surface area contributed by atoms with E-state index in [2.05, 4.69) is 25.6 Å². The monoisotopic (exact) mass is 259 g/mol. The van der Waals surface area contributed by atoms with Crippen molar-refractivity contribution in [2.24, 2.45) is 7.05 Å². The third-order valence-corrected chi connectivity index (χ3v) is 2.88. The number of aromatic amines is 1. The molecule has 19 heavy (non-hydrogen) atoms. The summed E-state index contributed by atoms with van der Waals surface area (Å²) in [6.07, 6.45) is 3.40. The van der Waals surface area contributed by atoms with Crippen LogP contribution in [0.5, 0.6) is 0 Å². The summed E-state index contributed by atoms with van der Waals surface area (Å²) in [5.74, 6) is 0.662. The molecule has 3 rings (SSSR count). The molecule has 2 N–H and O–H groups in total. The lowest BCUT2D eigenvalue weighted by Gasteiger charge is -2.04. The van der Waals surface area contributed by atoms with Gasteiger partial charge in [0.1, 0.15) is 12.1 Å². The largest absolute Gasteiger partial charge is 0.366 e. The first-order chi connectivity index (χ1) is 9.13. The van der Waals surface area contributed by atoms with Crippen LogP contribution in [0.1, 0.15) is 11.3 Å². The number of aromatic nitrogens is 6. The number of nitrogens with zero attached hydrogens (tertiary/aromatic N) is 5. The summed E-state index contributed by atoms with van der Waals surface area (Å²) >= 11 is 0. The highest BCUT2D eigenvalue weighted by Gasteiger charge is 2.05. The van der Waals surface area contributed by atoms with Gasteiger partial charge in [-0.3, -0.25) is 4.68 Å². The standard InChI is InChI=1S/C11H13N7O/c1-7-8(5-17(2)16-7)4-12-9-3-10-14-15-11(19)18(10)6-13-9/h3,5-6,12H,4H2,1-2H3,(H,15,19). The fourth-order valence-corrected chi connectivity index (χ4v) is 1.91. The first-order valence-corrected chi connectivity index (χ1v) is 5.79. The van der Waals surface area contributed by atoms with Gasteiger partial charge < -0.3 is 5.32 Å². The molecule has 0 bridgehead atoms. The van der Waals surface area contributed by atoms with Crippen LogP contribution < -0.4 is 11.0 Å². The average Bonchev–Trinajstić information content (AvgIpc) is 2.90. The van der Waals surface area contributed by atoms with E-state index in [-0.39, 0.29) is 5.69 Å². The molecular formula is C11H13N7O. The van der Waals surface area contributed by atoms with Gasteiger partial charge in [0.05, 0.1) is 5.69 Å². The van der Waals surface area contributed by atoms with Crippen LogP contribution in [-0.2, 0) is 13.6 Å². The van der Waals surface area contributed by atoms with Crippen LogP contribution >= 0.6 is 0 Å². The Morgan fingerprint density at radius 3 is 3.05 bits per heavy atom. The summed E-state index contributed by atoms with van der Waals surface area (Å²) in [6.45, 7) is 2.58. The molecule has 8 heteroatoms. The number of nitrogens with one attached hydrogen (secondary N) is 2. The number of aryl methyl sites for hydroxylation is 2. The van der Waals surface area contributed by atoms with Gasteiger partial charge in [-0.2, -0.15) is 10.2 Å². The van der Waals surface area contributed by atoms with Crippen LogP contribution in [0.15, 0.2) is 23.4 Å². The number of hydrogen-bond donors (Lipinski definition) is 2. The zero-order valence-electron chi connectivity index (χ0n) is 10.6. The summed E-state index contributed by atoms with van der Waals surface area (Å²) in [5, 5.41) is 13.7. The molecule has 0 saturated carbocycles. The zero-order valence-corrected chi connectivity index (χ0v) is 10.6. The molecule has 98 valence electrons. The number of rotatable bonds is 3. The second-order valence-electron chi connectivity index (χ2n) is 4.30. The Bertz CT molecular complexity index is 782. The molecule has 3 aromatic heterocycles. The van der Waals surface area contributed by atoms with Crippen LogP contribution in [0.3, 0.4) is 0 Å². The number of hydrogen-bond acceptors (Lipinski definition) is 5. The van der Waals surface area contributed by atoms with Gasteiger partial charge in [-0.15, -0.1) is 0 Å². The fourth-order valence-electron chi connectivity index (χ4n) is 1.91. The van der Waals surface area contributed by atoms with Crippen molar-refractivity contribution in [1.29, 1.82) is 0 Å². The van der Waals surface area contributed by atoms with E-state index in [1.165, 1.54) is 10.7 Å². The predicted molar refractivity (Wildman–Crippen MR) is 68.9 cm³/mol. The molecule has 0 unspecified atom stereocenters. The van der Waals surface area contributed by atoms with Gasteiger partial charge in [0.25, 0.3) is 0 Å². The maximum absolute atomic E-state index is 11.3. The Labute approximate surface area is 108 Å². The third-order valence-electron chi connectivity index (χ3n) is 2.88. The summed E-state index contributed by atoms with van der Waals surface area (Å²) in [4.78, 5) is 15.4. The second kappa shape index (κ2) is 4.23. The van der Waals surface area contributed by atoms with E-state index in [1.807, 2.05) is 20.2 Å². The Hall–Kier alpha value is -2.64. The van der Waals surface area contributed by atoms with Gasteiger partial charge in [-0.1, -0.05) is 0 Å². The Balaban J connectivity index is 1.82. The molecule has 8 nitrogen and oxygen atoms in total. The molecule has 0 aliphatic rings. The van der Waals surface area contributed by atoms with E-state index >= 15 is 0 Å². The number of H-pyrrole nitrogens is 1. The molecule has 0 aliphatic heterocycles. The van der Waals surface area contributed by atoms with Crippen molar-refractivity contribution in [3.8, 4) is 0 Å². The molecule has 0 fully saturated rings. The molecule has 0 amide bonds. The number of anilines is 1. The maximum atomic E-state index is 11.3. The lowest BCUT2D eigenvalue weighted by atomic mass is 10.2. The predicted octanol–water partition coefficient (Wildman–Crippen LogP) is 0.0716. The lowest BCUT2D eigenvalue weighted by molar-refractivity contribution is 0.756. The van der Waals surface area contributed by atoms with Gasteiger partial charge in [0, 0.05) is 31.4 Å². The molecule has 0 spiro atoms. The normalized spacial score (nSPS) is 11.1. The summed E-state index contributed by atoms with van der Waals surface area (Å²) < 4.78 is 3.12. The van der Waals surface area contributed by atoms with E-state index < -0.39 is 0 Å². The minimum atomic E-state index is -0.294. The van der Waals surface area contributed by atoms with Crippen LogP contribution in [0.25, 0.3) is 5.65 Å². The van der Waals surface area contributed by atoms with Gasteiger partial charge >= 0.3 is 5.69 Å². The molecule has 0 atom stereocenters. The fraction of sp³-hybridized carbons (Fsp3) is 0.273. The SMILES string of the molecule is Cc1nn(C)cc1CNc1cc2n[nH]c(=O)n2cn1. The minimum absolute atomic E-state index is 0.294. The Morgan fingerprint density at radius 1 is 1.47 bits per heavy atom. The van der Waals surface area contributed by atoms with Crippen molar-refractivity contribution >= 4 is 11.5 Å². The Morgan fingerprint density at radius 2 is 2.32 bits per heavy atom. The smallest absolute Gasteiger partial charge is 0.348 e. The van der Waals surface area contributed by atoms with Crippen molar-refractivity contribution in [3.05, 3.63) is 40.3 Å². The average molecular weight is 259 g/mol. The topological polar surface area (TPSA) is 92.9 Å². The van der Waals surface area contributed by atoms with Crippen LogP contribution in [-0.4, -0.2) is 29.4 Å². The van der Waals surface area contributed by atoms with Crippen molar-refractivity contribution in [2.45, 2.75) is 13.5 Å². The first-order valence-electron chi connectivity index (χ1n) is 5.79. The molecule has 0 aliphatic carbocycles. The summed E-state index contributed by atoms with van der Waals surface area (Å²) in [6, 6.07) is 1.71. The van der Waals surface area contributed by atoms with E-state index in [0.717, 1.165) is 11.3 Å². The summed E-state index contributed by atoms with van der Waals surface area (Å²) in [5.41, 5.74) is 2.32. The van der Waals surface area contributed by atoms with Crippen LogP contribution in [0.4, 0.5) is 5.82 Å². The highest BCUT2D eigenvalue weighted by atomic mass is 16.1. The highest BCUT2D eigenvalue weighted by molar-refractivity contribution is 5.48. The highest BCUT2D eigenvalue weighted by Crippen LogP contribution is 2.09. The van der Waals surface area contributed by atoms with E-state index in [9.17, 15) is 4.79 Å². The molecule has 0 radical (unpaired) electrons. The first kappa shape index (κ1) is 11.5. The van der Waals surface area contributed by atoms with Crippen LogP contribution in [0.2, 0.25) is 0 Å². The molecule has 0 aromatic carbocycles. The minimum Gasteiger partial charge on any atom is -0.366 e. The van der Waals surface area contributed by atoms with Gasteiger partial charge in [0.15, 0.2) is 5.65 Å². The Kier molecular flexibility index (Phi) is 2.55. The summed E-state index contributed by atoms with van der Waals surface area (Å²) in [7, 11) is 1.89. The van der Waals surface area contributed by atoms with Crippen molar-refractivity contribution in [3.63, 3.8) is 0 Å². The van der Waals surface area contributed by atoms with Crippen LogP contribution in [0, 0.1) is 6.92 Å². The van der Waals surface area contributed by atoms with Crippen molar-refractivity contribution < 1.29 is 0 Å². The molecular weight excluding hydrogens is 246 g/mol. The van der Waals surface area contributed by atoms with Gasteiger partial charge in [0.2, 0.25) is 0 Å². The number of fused-ring (bicyclic) bond motifs is 1. The third kappa shape index (κ3) is 2.07. The van der Waals surface area contributed by atoms with E-state index in [1.54, 1.807) is 10.7 Å². The van der Waals surface area contributed by atoms with Crippen molar-refractivity contribution in [2.75, 3.05) is 5.32 Å². The molecule has 3 aromatic rings. The second-order valence-corrected chi connectivity index (χ2v) is 4.30. The van der Waals surface area contributed by atoms with Gasteiger partial charge in [-0.05, 0) is 6.92 Å².